The first kappa shape index (κ1) is 47.4. The molecule has 9 aliphatic carbocycles. The number of carbonyl (C=O) groups is 1. The first-order valence-corrected chi connectivity index (χ1v) is 28.0. The van der Waals surface area contributed by atoms with E-state index in [0.29, 0.717) is 30.8 Å². The van der Waals surface area contributed by atoms with E-state index in [1.165, 1.54) is 56.9 Å². The average molecular weight is 921 g/mol. The van der Waals surface area contributed by atoms with Crippen molar-refractivity contribution in [3.05, 3.63) is 35.4 Å². The molecular weight excluding hydrogens is 833 g/mol. The summed E-state index contributed by atoms with van der Waals surface area (Å²) in [6, 6.07) is 8.84. The minimum Gasteiger partial charge on any atom is -0.481 e. The Hall–Kier alpha value is -1.95. The monoisotopic (exact) mass is 921 g/mol. The number of hydrogen-bond acceptors (Lipinski definition) is 6. The van der Waals surface area contributed by atoms with Crippen LogP contribution in [-0.4, -0.2) is 64.7 Å². The fourth-order valence-corrected chi connectivity index (χ4v) is 22.2. The van der Waals surface area contributed by atoms with Gasteiger partial charge >= 0.3 is 5.97 Å². The highest BCUT2D eigenvalue weighted by Gasteiger charge is 2.89. The fraction of sp³-hybridized carbons (Fsp3) is 0.850. The summed E-state index contributed by atoms with van der Waals surface area (Å²) in [5, 5.41) is 50.6. The Labute approximate surface area is 404 Å². The zero-order chi connectivity index (χ0) is 47.0. The van der Waals surface area contributed by atoms with E-state index in [0.717, 1.165) is 107 Å². The molecule has 1 aromatic carbocycles. The first-order chi connectivity index (χ1) is 32.0. The van der Waals surface area contributed by atoms with Gasteiger partial charge < -0.3 is 29.9 Å². The van der Waals surface area contributed by atoms with Gasteiger partial charge in [0.05, 0.1) is 30.8 Å². The molecule has 3 spiro atoms. The number of aliphatic carboxylic acids is 1. The Morgan fingerprint density at radius 2 is 1.52 bits per heavy atom. The van der Waals surface area contributed by atoms with Crippen molar-refractivity contribution in [1.29, 1.82) is 0 Å². The molecule has 4 N–H and O–H groups in total. The number of carboxylic acids is 1. The van der Waals surface area contributed by atoms with Crippen molar-refractivity contribution in [2.75, 3.05) is 20.3 Å². The zero-order valence-electron chi connectivity index (χ0n) is 42.5. The molecule has 7 heteroatoms. The van der Waals surface area contributed by atoms with Gasteiger partial charge in [0.15, 0.2) is 5.79 Å². The van der Waals surface area contributed by atoms with Gasteiger partial charge in [-0.15, -0.1) is 5.92 Å². The normalized spacial score (nSPS) is 52.7. The second-order valence-corrected chi connectivity index (χ2v) is 26.7. The van der Waals surface area contributed by atoms with E-state index in [2.05, 4.69) is 70.7 Å². The topological polar surface area (TPSA) is 116 Å². The lowest BCUT2D eigenvalue weighted by molar-refractivity contribution is -0.380. The number of rotatable bonds is 10. The van der Waals surface area contributed by atoms with Crippen LogP contribution in [0.4, 0.5) is 0 Å². The third kappa shape index (κ3) is 5.98. The van der Waals surface area contributed by atoms with Crippen molar-refractivity contribution in [2.45, 2.75) is 207 Å². The van der Waals surface area contributed by atoms with Crippen LogP contribution in [0.3, 0.4) is 0 Å². The Bertz CT molecular complexity index is 2130. The number of hydrogen-bond donors (Lipinski definition) is 4. The summed E-state index contributed by atoms with van der Waals surface area (Å²) in [6.45, 7) is 12.6. The predicted octanol–water partition coefficient (Wildman–Crippen LogP) is 11.6. The van der Waals surface area contributed by atoms with Crippen molar-refractivity contribution in [1.82, 2.24) is 0 Å². The second kappa shape index (κ2) is 16.3. The lowest BCUT2D eigenvalue weighted by Crippen LogP contribution is -2.82. The molecule has 19 atom stereocenters. The highest BCUT2D eigenvalue weighted by Crippen LogP contribution is 2.90. The molecule has 0 radical (unpaired) electrons. The van der Waals surface area contributed by atoms with Gasteiger partial charge in [-0.1, -0.05) is 90.0 Å². The van der Waals surface area contributed by atoms with E-state index in [-0.39, 0.29) is 53.1 Å². The Balaban J connectivity index is 1.10. The maximum absolute atomic E-state index is 13.7. The number of ether oxygens (including phenoxy) is 2. The number of fused-ring (bicyclic) bond motifs is 3. The van der Waals surface area contributed by atoms with E-state index in [9.17, 15) is 25.2 Å². The average Bonchev–Trinajstić information content (AvgIpc) is 3.50. The van der Waals surface area contributed by atoms with Crippen LogP contribution in [0.15, 0.2) is 24.3 Å². The quantitative estimate of drug-likeness (QED) is 0.173. The summed E-state index contributed by atoms with van der Waals surface area (Å²) >= 11 is 0. The molecule has 11 rings (SSSR count). The lowest BCUT2D eigenvalue weighted by atomic mass is 9.19. The molecule has 1 aliphatic heterocycles. The molecule has 1 heterocycles. The van der Waals surface area contributed by atoms with Gasteiger partial charge in [0, 0.05) is 42.1 Å². The van der Waals surface area contributed by atoms with Crippen molar-refractivity contribution in [3.63, 3.8) is 0 Å². The SMILES string of the molecule is CCCC1C2(O)CC(O)C3(CO)C1(CCC14C#CCC(C5CCC6CCCCC6C5)CCC56C(CCC7C5C(C)(CCC7(C)C(=O)O)CCC61C)CC43C)C(Cc1ccc(CCOC)cc1)O2. The van der Waals surface area contributed by atoms with Gasteiger partial charge in [-0.05, 0) is 190 Å². The van der Waals surface area contributed by atoms with Crippen LogP contribution in [0.1, 0.15) is 187 Å². The molecule has 4 bridgehead atoms. The Kier molecular flexibility index (Phi) is 11.5. The van der Waals surface area contributed by atoms with Crippen molar-refractivity contribution in [3.8, 4) is 11.8 Å². The van der Waals surface area contributed by atoms with Gasteiger partial charge in [-0.3, -0.25) is 4.79 Å². The van der Waals surface area contributed by atoms with E-state index in [1.54, 1.807) is 7.11 Å². The van der Waals surface area contributed by atoms with Gasteiger partial charge in [0.25, 0.3) is 0 Å². The number of carboxylic acid groups (broad SMARTS) is 1. The van der Waals surface area contributed by atoms with Gasteiger partial charge in [-0.25, -0.2) is 0 Å². The lowest BCUT2D eigenvalue weighted by Gasteiger charge is -2.84. The molecule has 10 aliphatic rings. The summed E-state index contributed by atoms with van der Waals surface area (Å²) in [5.74, 6) is 9.97. The molecule has 1 aromatic rings. The summed E-state index contributed by atoms with van der Waals surface area (Å²) in [5.41, 5.74) is -1.52. The van der Waals surface area contributed by atoms with Crippen LogP contribution in [0.5, 0.6) is 0 Å². The Morgan fingerprint density at radius 1 is 0.806 bits per heavy atom. The van der Waals surface area contributed by atoms with Crippen molar-refractivity contribution in [2.24, 2.45) is 90.7 Å². The molecule has 19 unspecified atom stereocenters. The highest BCUT2D eigenvalue weighted by atomic mass is 16.6. The summed E-state index contributed by atoms with van der Waals surface area (Å²) in [7, 11) is 1.74. The molecule has 9 fully saturated rings. The molecule has 8 saturated carbocycles. The van der Waals surface area contributed by atoms with Crippen LogP contribution in [0.25, 0.3) is 0 Å². The van der Waals surface area contributed by atoms with Crippen LogP contribution in [0.2, 0.25) is 0 Å². The summed E-state index contributed by atoms with van der Waals surface area (Å²) in [6.07, 6.45) is 23.0. The molecule has 7 nitrogen and oxygen atoms in total. The number of aliphatic hydroxyl groups excluding tert-OH is 2. The molecular formula is C60H88O7. The first-order valence-electron chi connectivity index (χ1n) is 28.0. The third-order valence-electron chi connectivity index (χ3n) is 25.1. The zero-order valence-corrected chi connectivity index (χ0v) is 42.5. The number of aliphatic hydroxyl groups is 3. The standard InChI is InChI=1S/C60H88O7/c1-7-11-47-58-32-31-56-25-10-14-42(44-20-19-41-12-8-9-13-43(41)35-44)23-26-57-45(21-22-46-50(57)52(2,28-30-54(56,57)4)27-29-53(46,3)51(63)64)36-55(56,5)59(58,38-61)48(62)37-60(47,65)67-49(58)34-40-17-15-39(16-18-40)24-33-66-6/h15-18,41-50,61-62,65H,7-9,11-14,19-24,26-38H2,1-6H3,(H,63,64). The molecule has 370 valence electrons. The minimum atomic E-state index is -1.48. The molecule has 1 saturated heterocycles. The Morgan fingerprint density at radius 3 is 2.25 bits per heavy atom. The van der Waals surface area contributed by atoms with Crippen LogP contribution < -0.4 is 0 Å². The minimum absolute atomic E-state index is 0.0605. The van der Waals surface area contributed by atoms with E-state index < -0.39 is 44.9 Å². The largest absolute Gasteiger partial charge is 0.481 e. The van der Waals surface area contributed by atoms with Crippen LogP contribution >= 0.6 is 0 Å². The van der Waals surface area contributed by atoms with Gasteiger partial charge in [0.2, 0.25) is 0 Å². The summed E-state index contributed by atoms with van der Waals surface area (Å²) < 4.78 is 12.6. The van der Waals surface area contributed by atoms with E-state index in [1.807, 2.05) is 0 Å². The predicted molar refractivity (Wildman–Crippen MR) is 261 cm³/mol. The maximum Gasteiger partial charge on any atom is 0.309 e. The van der Waals surface area contributed by atoms with Crippen LogP contribution in [-0.2, 0) is 27.1 Å². The van der Waals surface area contributed by atoms with Gasteiger partial charge in [0.1, 0.15) is 0 Å². The number of benzene rings is 1. The van der Waals surface area contributed by atoms with E-state index >= 15 is 0 Å². The molecule has 0 amide bonds. The van der Waals surface area contributed by atoms with Crippen molar-refractivity contribution >= 4 is 5.97 Å². The smallest absolute Gasteiger partial charge is 0.309 e. The maximum atomic E-state index is 13.7. The number of methoxy groups -OCH3 is 1. The second-order valence-electron chi connectivity index (χ2n) is 26.7. The van der Waals surface area contributed by atoms with Gasteiger partial charge in [-0.2, -0.15) is 0 Å². The van der Waals surface area contributed by atoms with Crippen molar-refractivity contribution < 1.29 is 34.7 Å². The van der Waals surface area contributed by atoms with E-state index in [4.69, 9.17) is 9.47 Å². The highest BCUT2D eigenvalue weighted by molar-refractivity contribution is 5.75. The molecule has 67 heavy (non-hydrogen) atoms. The third-order valence-corrected chi connectivity index (χ3v) is 25.1. The molecule has 0 aromatic heterocycles. The fourth-order valence-electron chi connectivity index (χ4n) is 22.2. The summed E-state index contributed by atoms with van der Waals surface area (Å²) in [4.78, 5) is 13.7. The van der Waals surface area contributed by atoms with Crippen LogP contribution in [0, 0.1) is 103 Å².